The lowest BCUT2D eigenvalue weighted by molar-refractivity contribution is -0.860. The summed E-state index contributed by atoms with van der Waals surface area (Å²) >= 11 is 0. The summed E-state index contributed by atoms with van der Waals surface area (Å²) in [4.78, 5) is 10.8. The molecular weight excluding hydrogens is 1310 g/mol. The van der Waals surface area contributed by atoms with Gasteiger partial charge in [0, 0.05) is 78.4 Å². The lowest BCUT2D eigenvalue weighted by Crippen LogP contribution is -2.40. The molecule has 11 heterocycles. The Morgan fingerprint density at radius 2 is 0.822 bits per heavy atom. The van der Waals surface area contributed by atoms with Crippen LogP contribution < -0.4 is 0 Å². The van der Waals surface area contributed by atoms with Gasteiger partial charge in [-0.1, -0.05) is 6.92 Å². The van der Waals surface area contributed by atoms with E-state index in [1.165, 1.54) is 19.3 Å². The smallest absolute Gasteiger partial charge is 0.174 e. The summed E-state index contributed by atoms with van der Waals surface area (Å²) in [5.74, 6) is 0.0282. The van der Waals surface area contributed by atoms with Gasteiger partial charge in [0.2, 0.25) is 0 Å². The van der Waals surface area contributed by atoms with E-state index in [1.54, 1.807) is 77.6 Å². The van der Waals surface area contributed by atoms with E-state index in [4.69, 9.17) is 33.5 Å². The minimum absolute atomic E-state index is 0. The number of aliphatic hydroxyl groups is 3. The number of Topliss-reactive ketones (excluding diaryl/α,β-unsaturated/α-hetero) is 1. The zero-order chi connectivity index (χ0) is 76.0. The van der Waals surface area contributed by atoms with Gasteiger partial charge in [-0.25, -0.2) is 0 Å². The molecule has 0 aromatic rings. The van der Waals surface area contributed by atoms with Crippen molar-refractivity contribution in [3.8, 4) is 0 Å². The normalized spacial score (nSPS) is 41.2. The molecule has 28 heteroatoms. The molecule has 15 atom stereocenters. The first kappa shape index (κ1) is 93.8. The highest BCUT2D eigenvalue weighted by Crippen LogP contribution is 2.36. The van der Waals surface area contributed by atoms with Crippen molar-refractivity contribution in [2.75, 3.05) is 222 Å². The first-order valence-corrected chi connectivity index (χ1v) is 38.9. The van der Waals surface area contributed by atoms with Crippen LogP contribution in [0.25, 0.3) is 0 Å². The monoisotopic (exact) mass is 1460 g/mol. The first-order valence-electron chi connectivity index (χ1n) is 38.9. The van der Waals surface area contributed by atoms with Gasteiger partial charge in [0.25, 0.3) is 0 Å². The fraction of sp³-hybridized carbons (Fsp3) is 0.986. The van der Waals surface area contributed by atoms with Crippen molar-refractivity contribution in [1.29, 1.82) is 0 Å². The molecule has 0 aromatic heterocycles. The quantitative estimate of drug-likeness (QED) is 0.175. The maximum absolute atomic E-state index is 11.8. The molecule has 3 N–H and O–H groups in total. The Bertz CT molecular complexity index is 2210. The first-order chi connectivity index (χ1) is 46.7. The van der Waals surface area contributed by atoms with Gasteiger partial charge in [-0.3, -0.25) is 4.79 Å². The molecule has 0 amide bonds. The Kier molecular flexibility index (Phi) is 40.0. The topological polar surface area (TPSA) is 341 Å². The lowest BCUT2D eigenvalue weighted by atomic mass is 9.97. The van der Waals surface area contributed by atoms with Crippen LogP contribution in [0.15, 0.2) is 0 Å². The van der Waals surface area contributed by atoms with Crippen LogP contribution in [0.3, 0.4) is 0 Å². The second-order valence-electron chi connectivity index (χ2n) is 34.2. The molecule has 11 aliphatic heterocycles. The minimum Gasteiger partial charge on any atom is -0.633 e. The van der Waals surface area contributed by atoms with E-state index in [2.05, 4.69) is 13.8 Å². The summed E-state index contributed by atoms with van der Waals surface area (Å²) < 4.78 is 32.0. The van der Waals surface area contributed by atoms with E-state index in [1.807, 2.05) is 6.92 Å². The molecule has 2 spiro atoms. The van der Waals surface area contributed by atoms with E-state index >= 15 is 0 Å². The largest absolute Gasteiger partial charge is 0.633 e. The zero-order valence-corrected chi connectivity index (χ0v) is 66.1. The number of carbonyl (C=O) groups excluding carboxylic acids is 1. The highest BCUT2D eigenvalue weighted by atomic mass is 16.8. The van der Waals surface area contributed by atoms with Crippen LogP contribution >= 0.6 is 0 Å². The Balaban J connectivity index is 0.000000297. The summed E-state index contributed by atoms with van der Waals surface area (Å²) in [6.07, 6.45) is 25.1. The number of nitrogens with zero attached hydrogens (tertiary/aromatic N) is 9. The average Bonchev–Trinajstić information content (AvgIpc) is 1.69. The average molecular weight is 1460 g/mol. The number of quaternary nitrogens is 9. The number of hydroxylamine groups is 27. The molecule has 600 valence electrons. The lowest BCUT2D eigenvalue weighted by Gasteiger charge is -2.38. The summed E-state index contributed by atoms with van der Waals surface area (Å²) in [7, 11) is 19.0. The molecule has 0 aliphatic carbocycles. The summed E-state index contributed by atoms with van der Waals surface area (Å²) in [6.45, 7) is 20.1. The van der Waals surface area contributed by atoms with Crippen molar-refractivity contribution in [2.24, 2.45) is 5.92 Å². The van der Waals surface area contributed by atoms with Crippen LogP contribution in [0.4, 0.5) is 0 Å². The molecule has 0 saturated carbocycles. The molecule has 0 aromatic carbocycles. The molecule has 0 radical (unpaired) electrons. The van der Waals surface area contributed by atoms with E-state index in [0.29, 0.717) is 137 Å². The maximum Gasteiger partial charge on any atom is 0.174 e. The second-order valence-corrected chi connectivity index (χ2v) is 34.2. The van der Waals surface area contributed by atoms with Gasteiger partial charge < -0.3 is 132 Å². The molecule has 28 nitrogen and oxygen atoms in total. The van der Waals surface area contributed by atoms with E-state index < -0.39 is 17.2 Å². The predicted molar refractivity (Wildman–Crippen MR) is 395 cm³/mol. The third kappa shape index (κ3) is 41.7. The van der Waals surface area contributed by atoms with Crippen LogP contribution in [-0.4, -0.2) is 326 Å². The summed E-state index contributed by atoms with van der Waals surface area (Å²) in [6, 6.07) is 0. The van der Waals surface area contributed by atoms with Crippen molar-refractivity contribution < 1.29 is 90.4 Å². The Labute approximate surface area is 610 Å². The van der Waals surface area contributed by atoms with Crippen molar-refractivity contribution >= 4 is 5.78 Å². The third-order valence-corrected chi connectivity index (χ3v) is 22.6. The highest BCUT2D eigenvalue weighted by Gasteiger charge is 2.44. The standard InChI is InChI=1S/C10H19NO4.C9H17NO3.C9H19NO2.2C8H17NO2.C8H17NO.C7H15NO2.C7H13NO2.C7H15NO/c1-11(13)5-2-3-10(4-6-11)14-8-9(7-12)15-10;1-10(11)5-2-3-9(4-6-10)12-7-8-13-9;1-9(12-3)5-4-7-10(2,11)8-6-9;1-9(10)6-3-4-8(11-2)5-7-9;1-8(10)4-3-6-9(2,11)7-5-8;1-8-4-3-6-9(2,10)7-5-8;2*1-8(10)5-2-3-7(9)4-6-8;1-8(9)6-4-2-3-5-7-8/h9,12H,2-8H2,1H3;2-8H2,1H3;4-8H2,1-3H3;8H,3-7H2,1-2H3;10H,3-7H2,1-2H3;8H,3-7H2,1-2H3;7,9H,2-6H2,1H3;2-6H2,1H3;2-7H2,1H3. The third-order valence-electron chi connectivity index (χ3n) is 22.6. The number of ketones is 1. The van der Waals surface area contributed by atoms with Crippen LogP contribution in [0, 0.1) is 52.8 Å². The van der Waals surface area contributed by atoms with Crippen LogP contribution in [0.2, 0.25) is 0 Å². The maximum atomic E-state index is 11.8. The van der Waals surface area contributed by atoms with Crippen LogP contribution in [0.5, 0.6) is 0 Å². The predicted octanol–water partition coefficient (Wildman–Crippen LogP) is 9.01. The number of likely N-dealkylation sites (tertiary alicyclic amines) is 9. The van der Waals surface area contributed by atoms with Crippen LogP contribution in [0.1, 0.15) is 201 Å². The van der Waals surface area contributed by atoms with Gasteiger partial charge in [-0.15, -0.1) is 0 Å². The number of hydrogen-bond acceptors (Lipinski definition) is 19. The Morgan fingerprint density at radius 1 is 0.416 bits per heavy atom. The fourth-order valence-corrected chi connectivity index (χ4v) is 14.6. The molecule has 11 saturated heterocycles. The second kappa shape index (κ2) is 43.1. The number of methoxy groups -OCH3 is 2. The van der Waals surface area contributed by atoms with E-state index in [0.717, 1.165) is 174 Å². The molecule has 15 unspecified atom stereocenters. The molecule has 11 fully saturated rings. The van der Waals surface area contributed by atoms with E-state index in [-0.39, 0.29) is 72.0 Å². The number of aliphatic hydroxyl groups excluding tert-OH is 2. The van der Waals surface area contributed by atoms with Crippen LogP contribution in [-0.2, 0) is 33.2 Å². The molecule has 0 bridgehead atoms. The number of rotatable bonds is 3. The Hall–Kier alpha value is -1.41. The van der Waals surface area contributed by atoms with Gasteiger partial charge in [-0.2, -0.15) is 0 Å². The Morgan fingerprint density at radius 3 is 1.35 bits per heavy atom. The summed E-state index contributed by atoms with van der Waals surface area (Å²) in [5, 5.41) is 131. The molecule has 101 heavy (non-hydrogen) atoms. The van der Waals surface area contributed by atoms with E-state index in [9.17, 15) is 61.9 Å². The van der Waals surface area contributed by atoms with Gasteiger partial charge in [0.05, 0.1) is 250 Å². The van der Waals surface area contributed by atoms with Crippen molar-refractivity contribution in [3.05, 3.63) is 46.9 Å². The minimum atomic E-state index is -0.597. The molecule has 11 aliphatic rings. The number of ether oxygens (including phenoxy) is 6. The van der Waals surface area contributed by atoms with Gasteiger partial charge in [-0.05, 0) is 116 Å². The van der Waals surface area contributed by atoms with Gasteiger partial charge in [0.1, 0.15) is 11.9 Å². The zero-order valence-electron chi connectivity index (χ0n) is 66.1. The van der Waals surface area contributed by atoms with Crippen molar-refractivity contribution in [3.63, 3.8) is 0 Å². The SMILES string of the molecule is CC1(O)CCC[N+](C)([O-])CC1.CC1CCC[N+](C)([O-])CC1.COC1(C)CCC[N+](C)([O-])CC1.COC1CCC[N+](C)([O-])CC1.C[N+]1([O-])CCCC(=O)CC1.C[N+]1([O-])CCCC(O)CC1.C[N+]1([O-])CCCC2(CC1)OCC(CO)O2.C[N+]1([O-])CCCC2(CC1)OCCO2.C[N+]1([O-])CCCCCC1. The van der Waals surface area contributed by atoms with Gasteiger partial charge >= 0.3 is 0 Å². The van der Waals surface area contributed by atoms with Gasteiger partial charge in [0.15, 0.2) is 11.6 Å². The highest BCUT2D eigenvalue weighted by molar-refractivity contribution is 5.78. The van der Waals surface area contributed by atoms with Crippen molar-refractivity contribution in [2.45, 2.75) is 242 Å². The van der Waals surface area contributed by atoms with Crippen molar-refractivity contribution in [1.82, 2.24) is 0 Å². The number of carbonyl (C=O) groups is 1. The summed E-state index contributed by atoms with van der Waals surface area (Å²) in [5.41, 5.74) is -0.652. The molecule has 11 rings (SSSR count). The fourth-order valence-electron chi connectivity index (χ4n) is 14.6. The molecular formula is C73H149N9O19. The number of hydrogen-bond donors (Lipinski definition) is 3.